The van der Waals surface area contributed by atoms with Gasteiger partial charge < -0.3 is 18.8 Å². The van der Waals surface area contributed by atoms with Crippen molar-refractivity contribution in [2.45, 2.75) is 45.6 Å². The number of halogens is 1. The SMILES string of the molecule is CCOC(=O)c1cn(C2CC2)c2nc(C(C(=O)OCC)C(=O)OCC)c(F)cc2c1=O. The zero-order valence-corrected chi connectivity index (χ0v) is 17.5. The molecule has 9 nitrogen and oxygen atoms in total. The van der Waals surface area contributed by atoms with E-state index in [0.29, 0.717) is 0 Å². The Hall–Kier alpha value is -3.30. The van der Waals surface area contributed by atoms with Gasteiger partial charge in [0, 0.05) is 12.2 Å². The van der Waals surface area contributed by atoms with Crippen LogP contribution in [0.25, 0.3) is 11.0 Å². The highest BCUT2D eigenvalue weighted by Crippen LogP contribution is 2.37. The quantitative estimate of drug-likeness (QED) is 0.353. The molecule has 0 bridgehead atoms. The molecular formula is C21H23FN2O7. The van der Waals surface area contributed by atoms with Crippen LogP contribution < -0.4 is 5.43 Å². The van der Waals surface area contributed by atoms with Crippen molar-refractivity contribution in [3.05, 3.63) is 39.6 Å². The van der Waals surface area contributed by atoms with E-state index < -0.39 is 40.8 Å². The lowest BCUT2D eigenvalue weighted by Gasteiger charge is -2.17. The number of esters is 3. The monoisotopic (exact) mass is 434 g/mol. The highest BCUT2D eigenvalue weighted by atomic mass is 19.1. The van der Waals surface area contributed by atoms with Gasteiger partial charge in [-0.15, -0.1) is 0 Å². The second-order valence-electron chi connectivity index (χ2n) is 6.89. The van der Waals surface area contributed by atoms with Crippen LogP contribution in [-0.2, 0) is 23.8 Å². The largest absolute Gasteiger partial charge is 0.465 e. The van der Waals surface area contributed by atoms with Crippen LogP contribution in [0.1, 0.15) is 61.6 Å². The molecule has 1 fully saturated rings. The Labute approximate surface area is 177 Å². The summed E-state index contributed by atoms with van der Waals surface area (Å²) in [6.07, 6.45) is 2.88. The van der Waals surface area contributed by atoms with Crippen LogP contribution in [0.2, 0.25) is 0 Å². The minimum atomic E-state index is -1.74. The van der Waals surface area contributed by atoms with Gasteiger partial charge in [0.15, 0.2) is 5.92 Å². The summed E-state index contributed by atoms with van der Waals surface area (Å²) in [5, 5.41) is -0.148. The number of ether oxygens (including phenoxy) is 3. The minimum absolute atomic E-state index is 0.0282. The molecule has 0 spiro atoms. The van der Waals surface area contributed by atoms with Gasteiger partial charge in [-0.1, -0.05) is 0 Å². The molecule has 3 rings (SSSR count). The van der Waals surface area contributed by atoms with Crippen LogP contribution in [0.3, 0.4) is 0 Å². The van der Waals surface area contributed by atoms with Gasteiger partial charge in [-0.3, -0.25) is 14.4 Å². The van der Waals surface area contributed by atoms with E-state index in [1.807, 2.05) is 0 Å². The first-order valence-corrected chi connectivity index (χ1v) is 10.1. The van der Waals surface area contributed by atoms with E-state index in [4.69, 9.17) is 14.2 Å². The summed E-state index contributed by atoms with van der Waals surface area (Å²) in [5.74, 6) is -5.62. The van der Waals surface area contributed by atoms with E-state index in [-0.39, 0.29) is 42.5 Å². The molecule has 10 heteroatoms. The summed E-state index contributed by atoms with van der Waals surface area (Å²) in [6, 6.07) is 0.832. The van der Waals surface area contributed by atoms with E-state index in [9.17, 15) is 19.2 Å². The zero-order chi connectivity index (χ0) is 22.7. The first-order chi connectivity index (χ1) is 14.8. The normalized spacial score (nSPS) is 13.3. The first kappa shape index (κ1) is 22.4. The molecule has 0 atom stereocenters. The summed E-state index contributed by atoms with van der Waals surface area (Å²) >= 11 is 0. The summed E-state index contributed by atoms with van der Waals surface area (Å²) in [4.78, 5) is 54.0. The topological polar surface area (TPSA) is 114 Å². The maximum absolute atomic E-state index is 15.0. The van der Waals surface area contributed by atoms with Crippen LogP contribution in [0, 0.1) is 5.82 Å². The third-order valence-electron chi connectivity index (χ3n) is 4.74. The number of hydrogen-bond donors (Lipinski definition) is 0. The Bertz CT molecular complexity index is 1070. The fourth-order valence-corrected chi connectivity index (χ4v) is 3.22. The van der Waals surface area contributed by atoms with Crippen molar-refractivity contribution in [3.8, 4) is 0 Å². The van der Waals surface area contributed by atoms with Crippen molar-refractivity contribution in [2.75, 3.05) is 19.8 Å². The number of carbonyl (C=O) groups is 3. The molecule has 1 aliphatic carbocycles. The highest BCUT2D eigenvalue weighted by Gasteiger charge is 2.37. The van der Waals surface area contributed by atoms with E-state index in [0.717, 1.165) is 18.9 Å². The van der Waals surface area contributed by atoms with Crippen molar-refractivity contribution in [1.29, 1.82) is 0 Å². The first-order valence-electron chi connectivity index (χ1n) is 10.1. The number of carbonyl (C=O) groups excluding carboxylic acids is 3. The third kappa shape index (κ3) is 4.42. The van der Waals surface area contributed by atoms with E-state index in [2.05, 4.69) is 4.98 Å². The molecule has 31 heavy (non-hydrogen) atoms. The Morgan fingerprint density at radius 3 is 2.19 bits per heavy atom. The fourth-order valence-electron chi connectivity index (χ4n) is 3.22. The minimum Gasteiger partial charge on any atom is -0.465 e. The average Bonchev–Trinajstić information content (AvgIpc) is 3.55. The molecule has 2 aromatic heterocycles. The number of pyridine rings is 2. The molecule has 2 aromatic rings. The maximum Gasteiger partial charge on any atom is 0.343 e. The van der Waals surface area contributed by atoms with Crippen molar-refractivity contribution in [3.63, 3.8) is 0 Å². The maximum atomic E-state index is 15.0. The number of nitrogens with zero attached hydrogens (tertiary/aromatic N) is 2. The lowest BCUT2D eigenvalue weighted by molar-refractivity contribution is -0.157. The van der Waals surface area contributed by atoms with Gasteiger partial charge in [0.1, 0.15) is 22.7 Å². The number of hydrogen-bond acceptors (Lipinski definition) is 8. The fraction of sp³-hybridized carbons (Fsp3) is 0.476. The molecule has 0 saturated heterocycles. The van der Waals surface area contributed by atoms with Crippen molar-refractivity contribution >= 4 is 28.9 Å². The number of fused-ring (bicyclic) bond motifs is 1. The van der Waals surface area contributed by atoms with Gasteiger partial charge in [-0.25, -0.2) is 14.2 Å². The highest BCUT2D eigenvalue weighted by molar-refractivity contribution is 6.01. The van der Waals surface area contributed by atoms with Gasteiger partial charge in [-0.05, 0) is 39.7 Å². The molecule has 0 N–H and O–H groups in total. The zero-order valence-electron chi connectivity index (χ0n) is 17.5. The second-order valence-corrected chi connectivity index (χ2v) is 6.89. The number of aromatic nitrogens is 2. The smallest absolute Gasteiger partial charge is 0.343 e. The molecule has 1 aliphatic rings. The number of rotatable bonds is 8. The lowest BCUT2D eigenvalue weighted by Crippen LogP contribution is -2.29. The Morgan fingerprint density at radius 1 is 1.10 bits per heavy atom. The van der Waals surface area contributed by atoms with Gasteiger partial charge in [-0.2, -0.15) is 0 Å². The molecule has 1 saturated carbocycles. The van der Waals surface area contributed by atoms with E-state index >= 15 is 4.39 Å². The summed E-state index contributed by atoms with van der Waals surface area (Å²) in [6.45, 7) is 4.72. The standard InChI is InChI=1S/C21H23FN2O7/c1-4-29-19(26)13-10-24(11-7-8-11)18-12(17(13)25)9-14(22)16(23-18)15(20(27)30-5-2)21(28)31-6-3/h9-11,15H,4-8H2,1-3H3. The van der Waals surface area contributed by atoms with Crippen molar-refractivity contribution in [2.24, 2.45) is 0 Å². The van der Waals surface area contributed by atoms with Crippen LogP contribution in [0.15, 0.2) is 17.1 Å². The lowest BCUT2D eigenvalue weighted by atomic mass is 10.0. The summed E-state index contributed by atoms with van der Waals surface area (Å²) < 4.78 is 31.4. The molecule has 0 amide bonds. The summed E-state index contributed by atoms with van der Waals surface area (Å²) in [5.41, 5.74) is -1.41. The third-order valence-corrected chi connectivity index (χ3v) is 4.74. The van der Waals surface area contributed by atoms with Gasteiger partial charge in [0.2, 0.25) is 5.43 Å². The molecular weight excluding hydrogens is 411 g/mol. The Balaban J connectivity index is 2.24. The van der Waals surface area contributed by atoms with Gasteiger partial charge in [0.25, 0.3) is 0 Å². The molecule has 166 valence electrons. The van der Waals surface area contributed by atoms with Crippen molar-refractivity contribution in [1.82, 2.24) is 9.55 Å². The van der Waals surface area contributed by atoms with Crippen LogP contribution in [-0.4, -0.2) is 47.3 Å². The van der Waals surface area contributed by atoms with Crippen LogP contribution in [0.5, 0.6) is 0 Å². The van der Waals surface area contributed by atoms with Crippen LogP contribution >= 0.6 is 0 Å². The predicted octanol–water partition coefficient (Wildman–Crippen LogP) is 2.26. The van der Waals surface area contributed by atoms with Gasteiger partial charge >= 0.3 is 17.9 Å². The average molecular weight is 434 g/mol. The predicted molar refractivity (Wildman–Crippen MR) is 106 cm³/mol. The van der Waals surface area contributed by atoms with E-state index in [1.54, 1.807) is 25.3 Å². The molecule has 0 radical (unpaired) electrons. The molecule has 0 aromatic carbocycles. The van der Waals surface area contributed by atoms with Gasteiger partial charge in [0.05, 0.1) is 25.2 Å². The Kier molecular flexibility index (Phi) is 6.67. The summed E-state index contributed by atoms with van der Waals surface area (Å²) in [7, 11) is 0. The van der Waals surface area contributed by atoms with Crippen LogP contribution in [0.4, 0.5) is 4.39 Å². The molecule has 2 heterocycles. The second kappa shape index (κ2) is 9.23. The molecule has 0 aliphatic heterocycles. The molecule has 0 unspecified atom stereocenters. The van der Waals surface area contributed by atoms with E-state index in [1.165, 1.54) is 6.20 Å². The Morgan fingerprint density at radius 2 is 1.68 bits per heavy atom. The van der Waals surface area contributed by atoms with Crippen molar-refractivity contribution < 1.29 is 33.0 Å².